The van der Waals surface area contributed by atoms with Crippen molar-refractivity contribution in [3.05, 3.63) is 35.9 Å². The minimum Gasteiger partial charge on any atom is -0.350 e. The molecule has 16 heavy (non-hydrogen) atoms. The molecule has 1 aromatic carbocycles. The Labute approximate surface area is 97.0 Å². The molecule has 0 aliphatic heterocycles. The summed E-state index contributed by atoms with van der Waals surface area (Å²) >= 11 is 0. The van der Waals surface area contributed by atoms with Crippen molar-refractivity contribution in [3.63, 3.8) is 0 Å². The van der Waals surface area contributed by atoms with Gasteiger partial charge in [0.25, 0.3) is 0 Å². The Morgan fingerprint density at radius 3 is 2.31 bits per heavy atom. The molecule has 0 atom stereocenters. The van der Waals surface area contributed by atoms with Crippen LogP contribution < -0.4 is 11.1 Å². The lowest BCUT2D eigenvalue weighted by Crippen LogP contribution is -2.52. The second-order valence-corrected chi connectivity index (χ2v) is 4.03. The molecule has 1 amide bonds. The summed E-state index contributed by atoms with van der Waals surface area (Å²) in [6, 6.07) is 9.83. The summed E-state index contributed by atoms with van der Waals surface area (Å²) in [7, 11) is 0. The maximum atomic E-state index is 11.9. The van der Waals surface area contributed by atoms with Crippen molar-refractivity contribution in [2.75, 3.05) is 0 Å². The standard InChI is InChI=1S/C13H20N2O/c1-3-13(14,4-2)12(16)15-10-11-8-6-5-7-9-11/h5-9H,3-4,10,14H2,1-2H3,(H,15,16). The van der Waals surface area contributed by atoms with Crippen LogP contribution in [0, 0.1) is 0 Å². The number of carbonyl (C=O) groups excluding carboxylic acids is 1. The number of rotatable bonds is 5. The van der Waals surface area contributed by atoms with Gasteiger partial charge in [0.05, 0.1) is 5.54 Å². The van der Waals surface area contributed by atoms with E-state index >= 15 is 0 Å². The zero-order valence-electron chi connectivity index (χ0n) is 9.99. The van der Waals surface area contributed by atoms with Crippen molar-refractivity contribution in [1.29, 1.82) is 0 Å². The van der Waals surface area contributed by atoms with Gasteiger partial charge >= 0.3 is 0 Å². The molecule has 88 valence electrons. The third kappa shape index (κ3) is 3.07. The average molecular weight is 220 g/mol. The SMILES string of the molecule is CCC(N)(CC)C(=O)NCc1ccccc1. The number of nitrogens with one attached hydrogen (secondary N) is 1. The minimum atomic E-state index is -0.727. The maximum Gasteiger partial charge on any atom is 0.240 e. The van der Waals surface area contributed by atoms with Crippen LogP contribution in [-0.2, 0) is 11.3 Å². The highest BCUT2D eigenvalue weighted by Crippen LogP contribution is 2.11. The van der Waals surface area contributed by atoms with Crippen molar-refractivity contribution in [3.8, 4) is 0 Å². The molecule has 0 aromatic heterocycles. The molecule has 0 spiro atoms. The van der Waals surface area contributed by atoms with Gasteiger partial charge in [0, 0.05) is 6.54 Å². The lowest BCUT2D eigenvalue weighted by Gasteiger charge is -2.25. The molecular formula is C13H20N2O. The molecule has 3 N–H and O–H groups in total. The average Bonchev–Trinajstić information content (AvgIpc) is 2.36. The molecule has 0 heterocycles. The number of carbonyl (C=O) groups is 1. The van der Waals surface area contributed by atoms with Gasteiger partial charge in [-0.05, 0) is 18.4 Å². The van der Waals surface area contributed by atoms with Crippen LogP contribution >= 0.6 is 0 Å². The van der Waals surface area contributed by atoms with E-state index < -0.39 is 5.54 Å². The van der Waals surface area contributed by atoms with Crippen molar-refractivity contribution in [2.24, 2.45) is 5.73 Å². The molecular weight excluding hydrogens is 200 g/mol. The number of benzene rings is 1. The Balaban J connectivity index is 2.53. The van der Waals surface area contributed by atoms with Crippen LogP contribution in [0.15, 0.2) is 30.3 Å². The number of hydrogen-bond donors (Lipinski definition) is 2. The Bertz CT molecular complexity index is 331. The van der Waals surface area contributed by atoms with Crippen molar-refractivity contribution < 1.29 is 4.79 Å². The van der Waals surface area contributed by atoms with Gasteiger partial charge < -0.3 is 11.1 Å². The van der Waals surface area contributed by atoms with Crippen molar-refractivity contribution in [1.82, 2.24) is 5.32 Å². The minimum absolute atomic E-state index is 0.0682. The van der Waals surface area contributed by atoms with Gasteiger partial charge in [-0.25, -0.2) is 0 Å². The van der Waals surface area contributed by atoms with Gasteiger partial charge in [0.1, 0.15) is 0 Å². The largest absolute Gasteiger partial charge is 0.350 e. The molecule has 0 aliphatic rings. The van der Waals surface area contributed by atoms with Gasteiger partial charge in [-0.3, -0.25) is 4.79 Å². The fourth-order valence-corrected chi connectivity index (χ4v) is 1.53. The summed E-state index contributed by atoms with van der Waals surface area (Å²) in [5.41, 5.74) is 6.35. The molecule has 0 saturated carbocycles. The van der Waals surface area contributed by atoms with E-state index in [1.165, 1.54) is 0 Å². The molecule has 0 fully saturated rings. The van der Waals surface area contributed by atoms with E-state index in [9.17, 15) is 4.79 Å². The molecule has 3 heteroatoms. The highest BCUT2D eigenvalue weighted by molar-refractivity contribution is 5.85. The second-order valence-electron chi connectivity index (χ2n) is 4.03. The highest BCUT2D eigenvalue weighted by Gasteiger charge is 2.29. The Morgan fingerprint density at radius 1 is 1.25 bits per heavy atom. The van der Waals surface area contributed by atoms with Crippen LogP contribution in [0.5, 0.6) is 0 Å². The lowest BCUT2D eigenvalue weighted by molar-refractivity contribution is -0.126. The molecule has 0 bridgehead atoms. The predicted molar refractivity (Wildman–Crippen MR) is 65.8 cm³/mol. The third-order valence-corrected chi connectivity index (χ3v) is 3.01. The third-order valence-electron chi connectivity index (χ3n) is 3.01. The van der Waals surface area contributed by atoms with Crippen LogP contribution in [0.4, 0.5) is 0 Å². The molecule has 3 nitrogen and oxygen atoms in total. The molecule has 1 aromatic rings. The molecule has 1 rings (SSSR count). The molecule has 0 unspecified atom stereocenters. The van der Waals surface area contributed by atoms with Crippen molar-refractivity contribution >= 4 is 5.91 Å². The van der Waals surface area contributed by atoms with E-state index in [2.05, 4.69) is 5.32 Å². The normalized spacial score (nSPS) is 11.2. The van der Waals surface area contributed by atoms with E-state index in [0.29, 0.717) is 19.4 Å². The maximum absolute atomic E-state index is 11.9. The van der Waals surface area contributed by atoms with Gasteiger partial charge in [0.15, 0.2) is 0 Å². The van der Waals surface area contributed by atoms with Gasteiger partial charge in [-0.1, -0.05) is 44.2 Å². The summed E-state index contributed by atoms with van der Waals surface area (Å²) in [5, 5.41) is 2.88. The molecule has 0 aliphatic carbocycles. The van der Waals surface area contributed by atoms with E-state index in [1.807, 2.05) is 44.2 Å². The van der Waals surface area contributed by atoms with Crippen LogP contribution in [0.1, 0.15) is 32.3 Å². The molecule has 0 radical (unpaired) electrons. The summed E-state index contributed by atoms with van der Waals surface area (Å²) in [6.45, 7) is 4.41. The second kappa shape index (κ2) is 5.66. The quantitative estimate of drug-likeness (QED) is 0.795. The first-order valence-electron chi connectivity index (χ1n) is 5.73. The summed E-state index contributed by atoms with van der Waals surface area (Å²) in [5.74, 6) is -0.0682. The lowest BCUT2D eigenvalue weighted by atomic mass is 9.93. The van der Waals surface area contributed by atoms with E-state index in [4.69, 9.17) is 5.73 Å². The highest BCUT2D eigenvalue weighted by atomic mass is 16.2. The fraction of sp³-hybridized carbons (Fsp3) is 0.462. The Hall–Kier alpha value is -1.35. The van der Waals surface area contributed by atoms with E-state index in [0.717, 1.165) is 5.56 Å². The first-order chi connectivity index (χ1) is 7.62. The van der Waals surface area contributed by atoms with Crippen LogP contribution in [-0.4, -0.2) is 11.4 Å². The van der Waals surface area contributed by atoms with E-state index in [-0.39, 0.29) is 5.91 Å². The number of amides is 1. The zero-order chi connectivity index (χ0) is 12.0. The fourth-order valence-electron chi connectivity index (χ4n) is 1.53. The summed E-state index contributed by atoms with van der Waals surface area (Å²) in [4.78, 5) is 11.9. The molecule has 0 saturated heterocycles. The zero-order valence-corrected chi connectivity index (χ0v) is 9.99. The van der Waals surface area contributed by atoms with Gasteiger partial charge in [0.2, 0.25) is 5.91 Å². The van der Waals surface area contributed by atoms with Crippen LogP contribution in [0.2, 0.25) is 0 Å². The Kier molecular flexibility index (Phi) is 4.50. The number of nitrogens with two attached hydrogens (primary N) is 1. The summed E-state index contributed by atoms with van der Waals surface area (Å²) < 4.78 is 0. The van der Waals surface area contributed by atoms with E-state index in [1.54, 1.807) is 0 Å². The predicted octanol–water partition coefficient (Wildman–Crippen LogP) is 1.82. The monoisotopic (exact) mass is 220 g/mol. The Morgan fingerprint density at radius 2 is 1.81 bits per heavy atom. The first-order valence-corrected chi connectivity index (χ1v) is 5.73. The van der Waals surface area contributed by atoms with Crippen LogP contribution in [0.3, 0.4) is 0 Å². The smallest absolute Gasteiger partial charge is 0.240 e. The van der Waals surface area contributed by atoms with Gasteiger partial charge in [-0.2, -0.15) is 0 Å². The first kappa shape index (κ1) is 12.7. The van der Waals surface area contributed by atoms with Gasteiger partial charge in [-0.15, -0.1) is 0 Å². The van der Waals surface area contributed by atoms with Crippen molar-refractivity contribution in [2.45, 2.75) is 38.8 Å². The number of hydrogen-bond acceptors (Lipinski definition) is 2. The van der Waals surface area contributed by atoms with Crippen LogP contribution in [0.25, 0.3) is 0 Å². The summed E-state index contributed by atoms with van der Waals surface area (Å²) in [6.07, 6.45) is 1.31. The topological polar surface area (TPSA) is 55.1 Å².